The Balaban J connectivity index is 1.73. The maximum absolute atomic E-state index is 13.6. The molecule has 2 aromatic rings. The highest BCUT2D eigenvalue weighted by Gasteiger charge is 2.30. The highest BCUT2D eigenvalue weighted by molar-refractivity contribution is 5.97. The zero-order valence-electron chi connectivity index (χ0n) is 13.7. The predicted molar refractivity (Wildman–Crippen MR) is 89.6 cm³/mol. The summed E-state index contributed by atoms with van der Waals surface area (Å²) in [6.07, 6.45) is 7.32. The van der Waals surface area contributed by atoms with Gasteiger partial charge in [-0.3, -0.25) is 9.78 Å². The van der Waals surface area contributed by atoms with Crippen molar-refractivity contribution in [3.63, 3.8) is 0 Å². The van der Waals surface area contributed by atoms with Crippen LogP contribution in [0, 0.1) is 5.82 Å². The van der Waals surface area contributed by atoms with E-state index in [1.165, 1.54) is 30.9 Å². The second-order valence-corrected chi connectivity index (χ2v) is 6.03. The summed E-state index contributed by atoms with van der Waals surface area (Å²) >= 11 is 0. The van der Waals surface area contributed by atoms with Crippen molar-refractivity contribution in [2.45, 2.75) is 31.7 Å². The van der Waals surface area contributed by atoms with Gasteiger partial charge >= 0.3 is 0 Å². The molecule has 5 heteroatoms. The van der Waals surface area contributed by atoms with Gasteiger partial charge in [-0.25, -0.2) is 4.39 Å². The summed E-state index contributed by atoms with van der Waals surface area (Å²) < 4.78 is 18.8. The van der Waals surface area contributed by atoms with E-state index in [0.717, 1.165) is 25.7 Å². The molecule has 0 aliphatic carbocycles. The number of rotatable bonds is 5. The fraction of sp³-hybridized carbons (Fsp3) is 0.368. The van der Waals surface area contributed by atoms with Crippen molar-refractivity contribution in [2.24, 2.45) is 0 Å². The van der Waals surface area contributed by atoms with Crippen LogP contribution in [-0.2, 0) is 6.42 Å². The lowest BCUT2D eigenvalue weighted by atomic mass is 10.0. The molecule has 1 unspecified atom stereocenters. The number of aromatic nitrogens is 1. The largest absolute Gasteiger partial charge is 0.496 e. The molecule has 2 heterocycles. The van der Waals surface area contributed by atoms with Crippen molar-refractivity contribution in [1.29, 1.82) is 0 Å². The summed E-state index contributed by atoms with van der Waals surface area (Å²) in [5.41, 5.74) is 1.51. The van der Waals surface area contributed by atoms with Crippen molar-refractivity contribution in [3.8, 4) is 5.75 Å². The number of ether oxygens (including phenoxy) is 1. The molecule has 3 rings (SSSR count). The van der Waals surface area contributed by atoms with Crippen molar-refractivity contribution >= 4 is 5.91 Å². The van der Waals surface area contributed by atoms with E-state index in [9.17, 15) is 9.18 Å². The highest BCUT2D eigenvalue weighted by atomic mass is 19.1. The van der Waals surface area contributed by atoms with Gasteiger partial charge in [0.15, 0.2) is 0 Å². The van der Waals surface area contributed by atoms with Crippen LogP contribution >= 0.6 is 0 Å². The van der Waals surface area contributed by atoms with Crippen molar-refractivity contribution in [1.82, 2.24) is 9.88 Å². The van der Waals surface area contributed by atoms with Crippen LogP contribution in [0.3, 0.4) is 0 Å². The SMILES string of the molecule is COc1ccc(F)cc1C(=O)N1CCCC1CCc1ccncc1. The van der Waals surface area contributed by atoms with Crippen LogP contribution in [0.1, 0.15) is 35.2 Å². The smallest absolute Gasteiger partial charge is 0.257 e. The van der Waals surface area contributed by atoms with Gasteiger partial charge in [0.2, 0.25) is 0 Å². The number of carbonyl (C=O) groups is 1. The number of benzene rings is 1. The van der Waals surface area contributed by atoms with Crippen molar-refractivity contribution < 1.29 is 13.9 Å². The number of nitrogens with zero attached hydrogens (tertiary/aromatic N) is 2. The lowest BCUT2D eigenvalue weighted by molar-refractivity contribution is 0.0726. The topological polar surface area (TPSA) is 42.4 Å². The van der Waals surface area contributed by atoms with Gasteiger partial charge in [-0.2, -0.15) is 0 Å². The Morgan fingerprint density at radius 2 is 2.12 bits per heavy atom. The Bertz CT molecular complexity index is 706. The molecule has 1 saturated heterocycles. The number of hydrogen-bond donors (Lipinski definition) is 0. The van der Waals surface area contributed by atoms with Gasteiger partial charge in [0.05, 0.1) is 12.7 Å². The second kappa shape index (κ2) is 7.43. The van der Waals surface area contributed by atoms with Gasteiger partial charge in [0, 0.05) is 25.0 Å². The molecule has 1 atom stereocenters. The van der Waals surface area contributed by atoms with Crippen LogP contribution in [-0.4, -0.2) is 35.5 Å². The van der Waals surface area contributed by atoms with Gasteiger partial charge in [0.25, 0.3) is 5.91 Å². The third kappa shape index (κ3) is 3.55. The molecule has 1 aliphatic heterocycles. The van der Waals surface area contributed by atoms with E-state index in [1.54, 1.807) is 12.4 Å². The van der Waals surface area contributed by atoms with E-state index in [-0.39, 0.29) is 11.9 Å². The van der Waals surface area contributed by atoms with Crippen molar-refractivity contribution in [3.05, 3.63) is 59.7 Å². The molecule has 1 fully saturated rings. The molecular formula is C19H21FN2O2. The number of carbonyl (C=O) groups excluding carboxylic acids is 1. The lowest BCUT2D eigenvalue weighted by Crippen LogP contribution is -2.36. The van der Waals surface area contributed by atoms with E-state index in [4.69, 9.17) is 4.74 Å². The van der Waals surface area contributed by atoms with E-state index >= 15 is 0 Å². The standard InChI is InChI=1S/C19H21FN2O2/c1-24-18-7-5-15(20)13-17(18)19(23)22-12-2-3-16(22)6-4-14-8-10-21-11-9-14/h5,7-11,13,16H,2-4,6,12H2,1H3. The Labute approximate surface area is 141 Å². The van der Waals surface area contributed by atoms with Gasteiger partial charge in [-0.1, -0.05) is 0 Å². The minimum absolute atomic E-state index is 0.149. The van der Waals surface area contributed by atoms with Gasteiger partial charge < -0.3 is 9.64 Å². The first kappa shape index (κ1) is 16.4. The van der Waals surface area contributed by atoms with Gasteiger partial charge in [0.1, 0.15) is 11.6 Å². The molecule has 0 spiro atoms. The number of likely N-dealkylation sites (tertiary alicyclic amines) is 1. The third-order valence-corrected chi connectivity index (χ3v) is 4.55. The monoisotopic (exact) mass is 328 g/mol. The Hall–Kier alpha value is -2.43. The fourth-order valence-corrected chi connectivity index (χ4v) is 3.29. The zero-order chi connectivity index (χ0) is 16.9. The van der Waals surface area contributed by atoms with E-state index in [2.05, 4.69) is 4.98 Å². The van der Waals surface area contributed by atoms with Crippen LogP contribution in [0.15, 0.2) is 42.7 Å². The number of aryl methyl sites for hydroxylation is 1. The molecular weight excluding hydrogens is 307 g/mol. The van der Waals surface area contributed by atoms with Crippen LogP contribution in [0.2, 0.25) is 0 Å². The molecule has 1 amide bonds. The Kier molecular flexibility index (Phi) is 5.08. The summed E-state index contributed by atoms with van der Waals surface area (Å²) in [5.74, 6) is -0.156. The summed E-state index contributed by atoms with van der Waals surface area (Å²) in [5, 5.41) is 0. The number of methoxy groups -OCH3 is 1. The van der Waals surface area contributed by atoms with E-state index in [1.807, 2.05) is 17.0 Å². The third-order valence-electron chi connectivity index (χ3n) is 4.55. The van der Waals surface area contributed by atoms with Crippen LogP contribution in [0.5, 0.6) is 5.75 Å². The summed E-state index contributed by atoms with van der Waals surface area (Å²) in [7, 11) is 1.49. The quantitative estimate of drug-likeness (QED) is 0.844. The predicted octanol–water partition coefficient (Wildman–Crippen LogP) is 3.47. The van der Waals surface area contributed by atoms with Gasteiger partial charge in [-0.05, 0) is 61.6 Å². The lowest BCUT2D eigenvalue weighted by Gasteiger charge is -2.25. The zero-order valence-corrected chi connectivity index (χ0v) is 13.7. The first-order valence-electron chi connectivity index (χ1n) is 8.22. The summed E-state index contributed by atoms with van der Waals surface area (Å²) in [6.45, 7) is 0.708. The maximum Gasteiger partial charge on any atom is 0.257 e. The molecule has 0 saturated carbocycles. The summed E-state index contributed by atoms with van der Waals surface area (Å²) in [6, 6.07) is 8.25. The average molecular weight is 328 g/mol. The van der Waals surface area contributed by atoms with E-state index < -0.39 is 5.82 Å². The van der Waals surface area contributed by atoms with Crippen LogP contribution < -0.4 is 4.74 Å². The molecule has 0 N–H and O–H groups in total. The number of pyridine rings is 1. The molecule has 1 aliphatic rings. The average Bonchev–Trinajstić information content (AvgIpc) is 3.08. The molecule has 0 radical (unpaired) electrons. The maximum atomic E-state index is 13.6. The Morgan fingerprint density at radius 3 is 2.88 bits per heavy atom. The Morgan fingerprint density at radius 1 is 1.33 bits per heavy atom. The number of hydrogen-bond acceptors (Lipinski definition) is 3. The first-order chi connectivity index (χ1) is 11.7. The molecule has 126 valence electrons. The second-order valence-electron chi connectivity index (χ2n) is 6.03. The molecule has 24 heavy (non-hydrogen) atoms. The number of halogens is 1. The number of amides is 1. The molecule has 0 bridgehead atoms. The minimum atomic E-state index is -0.424. The normalized spacial score (nSPS) is 17.1. The molecule has 4 nitrogen and oxygen atoms in total. The molecule has 1 aromatic carbocycles. The van der Waals surface area contributed by atoms with Crippen LogP contribution in [0.4, 0.5) is 4.39 Å². The van der Waals surface area contributed by atoms with Crippen LogP contribution in [0.25, 0.3) is 0 Å². The van der Waals surface area contributed by atoms with E-state index in [0.29, 0.717) is 17.9 Å². The highest BCUT2D eigenvalue weighted by Crippen LogP contribution is 2.27. The van der Waals surface area contributed by atoms with Crippen molar-refractivity contribution in [2.75, 3.05) is 13.7 Å². The fourth-order valence-electron chi connectivity index (χ4n) is 3.29. The first-order valence-corrected chi connectivity index (χ1v) is 8.22. The van der Waals surface area contributed by atoms with Gasteiger partial charge in [-0.15, -0.1) is 0 Å². The molecule has 1 aromatic heterocycles. The minimum Gasteiger partial charge on any atom is -0.496 e. The summed E-state index contributed by atoms with van der Waals surface area (Å²) in [4.78, 5) is 18.8.